The minimum atomic E-state index is -0.473. The van der Waals surface area contributed by atoms with Crippen molar-refractivity contribution in [3.05, 3.63) is 45.6 Å². The minimum absolute atomic E-state index is 0.154. The lowest BCUT2D eigenvalue weighted by atomic mass is 9.63. The molecule has 0 aromatic heterocycles. The van der Waals surface area contributed by atoms with E-state index in [2.05, 4.69) is 34.7 Å². The highest BCUT2D eigenvalue weighted by atomic mass is 127. The van der Waals surface area contributed by atoms with E-state index in [1.54, 1.807) is 12.1 Å². The summed E-state index contributed by atoms with van der Waals surface area (Å²) in [6, 6.07) is 6.98. The van der Waals surface area contributed by atoms with E-state index in [0.29, 0.717) is 17.4 Å². The van der Waals surface area contributed by atoms with E-state index in [-0.39, 0.29) is 35.5 Å². The molecule has 0 N–H and O–H groups in total. The van der Waals surface area contributed by atoms with Gasteiger partial charge in [0.05, 0.1) is 11.8 Å². The van der Waals surface area contributed by atoms with Gasteiger partial charge in [-0.2, -0.15) is 0 Å². The molecule has 3 fully saturated rings. The molecule has 1 aliphatic heterocycles. The van der Waals surface area contributed by atoms with E-state index in [9.17, 15) is 14.4 Å². The van der Waals surface area contributed by atoms with Gasteiger partial charge in [-0.25, -0.2) is 4.90 Å². The van der Waals surface area contributed by atoms with Gasteiger partial charge in [0.1, 0.15) is 0 Å². The zero-order chi connectivity index (χ0) is 15.9. The molecule has 4 nitrogen and oxygen atoms in total. The van der Waals surface area contributed by atoms with Crippen LogP contribution in [0.25, 0.3) is 0 Å². The topological polar surface area (TPSA) is 54.5 Å². The second-order valence-electron chi connectivity index (χ2n) is 6.98. The van der Waals surface area contributed by atoms with Crippen molar-refractivity contribution in [3.8, 4) is 0 Å². The Labute approximate surface area is 147 Å². The van der Waals surface area contributed by atoms with Crippen molar-refractivity contribution in [2.45, 2.75) is 6.42 Å². The number of allylic oxidation sites excluding steroid dienone is 2. The van der Waals surface area contributed by atoms with E-state index in [0.717, 1.165) is 14.9 Å². The maximum atomic E-state index is 12.8. The summed E-state index contributed by atoms with van der Waals surface area (Å²) in [6.45, 7) is 0. The van der Waals surface area contributed by atoms with Crippen molar-refractivity contribution >= 4 is 40.3 Å². The monoisotopic (exact) mass is 419 g/mol. The first-order valence-corrected chi connectivity index (χ1v) is 9.02. The molecule has 23 heavy (non-hydrogen) atoms. The van der Waals surface area contributed by atoms with Crippen LogP contribution in [-0.4, -0.2) is 22.6 Å². The van der Waals surface area contributed by atoms with Crippen molar-refractivity contribution in [2.75, 3.05) is 0 Å². The largest absolute Gasteiger partial charge is 0.274 e. The number of halogens is 1. The molecule has 3 amide bonds. The van der Waals surface area contributed by atoms with E-state index >= 15 is 0 Å². The minimum Gasteiger partial charge on any atom is -0.274 e. The Kier molecular flexibility index (Phi) is 2.73. The van der Waals surface area contributed by atoms with Crippen LogP contribution in [0.15, 0.2) is 36.4 Å². The molecular weight excluding hydrogens is 405 g/mol. The molecule has 5 heteroatoms. The van der Waals surface area contributed by atoms with Crippen molar-refractivity contribution < 1.29 is 14.4 Å². The Balaban J connectivity index is 1.52. The molecule has 0 unspecified atom stereocenters. The average molecular weight is 419 g/mol. The van der Waals surface area contributed by atoms with Crippen LogP contribution < -0.4 is 0 Å². The molecule has 6 atom stereocenters. The van der Waals surface area contributed by atoms with E-state index in [1.807, 2.05) is 12.1 Å². The summed E-state index contributed by atoms with van der Waals surface area (Å²) >= 11 is 2.16. The van der Waals surface area contributed by atoms with Gasteiger partial charge in [0.2, 0.25) is 11.8 Å². The van der Waals surface area contributed by atoms with Crippen molar-refractivity contribution in [2.24, 2.45) is 35.5 Å². The molecule has 5 aliphatic rings. The molecule has 1 aromatic carbocycles. The second-order valence-corrected chi connectivity index (χ2v) is 8.22. The molecule has 1 saturated heterocycles. The van der Waals surface area contributed by atoms with Gasteiger partial charge in [-0.15, -0.1) is 0 Å². The number of hydrogen-bond donors (Lipinski definition) is 0. The molecule has 0 radical (unpaired) electrons. The van der Waals surface area contributed by atoms with Crippen LogP contribution in [0.5, 0.6) is 0 Å². The molecule has 2 saturated carbocycles. The number of carbonyl (C=O) groups excluding carboxylic acids is 3. The van der Waals surface area contributed by atoms with Gasteiger partial charge in [-0.1, -0.05) is 12.2 Å². The molecule has 2 bridgehead atoms. The summed E-state index contributed by atoms with van der Waals surface area (Å²) in [5.41, 5.74) is 0.399. The highest BCUT2D eigenvalue weighted by Crippen LogP contribution is 2.65. The molecular formula is C18H14INO3. The average Bonchev–Trinajstić information content (AvgIpc) is 3.32. The smallest absolute Gasteiger partial charge is 0.267 e. The van der Waals surface area contributed by atoms with Crippen LogP contribution in [0.2, 0.25) is 0 Å². The number of likely N-dealkylation sites (tertiary alicyclic amines) is 1. The predicted molar refractivity (Wildman–Crippen MR) is 90.0 cm³/mol. The van der Waals surface area contributed by atoms with Crippen LogP contribution in [0, 0.1) is 39.1 Å². The number of rotatable bonds is 1. The Morgan fingerprint density at radius 3 is 2.00 bits per heavy atom. The number of benzene rings is 1. The molecule has 6 rings (SSSR count). The molecule has 0 spiro atoms. The van der Waals surface area contributed by atoms with Crippen LogP contribution in [0.3, 0.4) is 0 Å². The number of nitrogens with zero attached hydrogens (tertiary/aromatic N) is 1. The quantitative estimate of drug-likeness (QED) is 0.400. The van der Waals surface area contributed by atoms with Crippen LogP contribution in [-0.2, 0) is 9.59 Å². The normalized spacial score (nSPS) is 39.4. The second kappa shape index (κ2) is 4.53. The van der Waals surface area contributed by atoms with Gasteiger partial charge in [0.15, 0.2) is 0 Å². The van der Waals surface area contributed by atoms with E-state index < -0.39 is 5.91 Å². The van der Waals surface area contributed by atoms with Crippen LogP contribution >= 0.6 is 22.6 Å². The zero-order valence-corrected chi connectivity index (χ0v) is 14.3. The summed E-state index contributed by atoms with van der Waals surface area (Å²) in [5, 5.41) is 0. The number of imide groups is 3. The molecule has 1 aromatic rings. The Morgan fingerprint density at radius 2 is 1.48 bits per heavy atom. The Morgan fingerprint density at radius 1 is 0.957 bits per heavy atom. The lowest BCUT2D eigenvalue weighted by Crippen LogP contribution is -2.40. The maximum absolute atomic E-state index is 12.8. The van der Waals surface area contributed by atoms with Crippen LogP contribution in [0.4, 0.5) is 0 Å². The summed E-state index contributed by atoms with van der Waals surface area (Å²) in [4.78, 5) is 39.3. The Hall–Kier alpha value is -1.50. The third-order valence-corrected chi connectivity index (χ3v) is 6.68. The SMILES string of the molecule is O=C(c1ccc(I)cc1)N1C(=O)[C@@H]2[C@H]3C=C[C@@H]([C@@H]4C[C@H]34)[C@H]2C1=O. The summed E-state index contributed by atoms with van der Waals surface area (Å²) in [6.07, 6.45) is 5.36. The third-order valence-electron chi connectivity index (χ3n) is 5.96. The summed E-state index contributed by atoms with van der Waals surface area (Å²) in [5.74, 6) is -0.252. The number of hydrogen-bond acceptors (Lipinski definition) is 3. The standard InChI is InChI=1S/C18H14INO3/c19-9-3-1-8(2-4-9)16(21)20-17(22)14-10-5-6-11(13-7-12(10)13)15(14)18(20)23/h1-6,10-15H,7H2/t10-,11-,12-,13+,14+,15+/m0/s1. The van der Waals surface area contributed by atoms with Gasteiger partial charge in [0, 0.05) is 9.13 Å². The van der Waals surface area contributed by atoms with Gasteiger partial charge >= 0.3 is 0 Å². The molecule has 1 heterocycles. The van der Waals surface area contributed by atoms with Gasteiger partial charge in [-0.3, -0.25) is 14.4 Å². The van der Waals surface area contributed by atoms with Gasteiger partial charge in [-0.05, 0) is 76.9 Å². The predicted octanol–water partition coefficient (Wildman–Crippen LogP) is 2.48. The van der Waals surface area contributed by atoms with E-state index in [4.69, 9.17) is 0 Å². The highest BCUT2D eigenvalue weighted by Gasteiger charge is 2.67. The van der Waals surface area contributed by atoms with Gasteiger partial charge < -0.3 is 0 Å². The van der Waals surface area contributed by atoms with Crippen molar-refractivity contribution in [1.82, 2.24) is 4.90 Å². The summed E-state index contributed by atoms with van der Waals surface area (Å²) < 4.78 is 1.01. The first kappa shape index (κ1) is 13.9. The molecule has 4 aliphatic carbocycles. The van der Waals surface area contributed by atoms with Crippen molar-refractivity contribution in [1.29, 1.82) is 0 Å². The maximum Gasteiger partial charge on any atom is 0.267 e. The zero-order valence-electron chi connectivity index (χ0n) is 12.2. The number of carbonyl (C=O) groups is 3. The van der Waals surface area contributed by atoms with E-state index in [1.165, 1.54) is 0 Å². The van der Waals surface area contributed by atoms with Gasteiger partial charge in [0.25, 0.3) is 5.91 Å². The fourth-order valence-electron chi connectivity index (χ4n) is 4.88. The lowest BCUT2D eigenvalue weighted by molar-refractivity contribution is -0.136. The summed E-state index contributed by atoms with van der Waals surface area (Å²) in [7, 11) is 0. The number of amides is 3. The Bertz CT molecular complexity index is 748. The fourth-order valence-corrected chi connectivity index (χ4v) is 5.24. The van der Waals surface area contributed by atoms with Crippen LogP contribution in [0.1, 0.15) is 16.8 Å². The third kappa shape index (κ3) is 1.74. The fraction of sp³-hybridized carbons (Fsp3) is 0.389. The first-order chi connectivity index (χ1) is 11.1. The van der Waals surface area contributed by atoms with Crippen molar-refractivity contribution in [3.63, 3.8) is 0 Å². The first-order valence-electron chi connectivity index (χ1n) is 7.94. The molecule has 116 valence electrons. The lowest BCUT2D eigenvalue weighted by Gasteiger charge is -2.37. The highest BCUT2D eigenvalue weighted by molar-refractivity contribution is 14.1.